The van der Waals surface area contributed by atoms with E-state index in [2.05, 4.69) is 0 Å². The van der Waals surface area contributed by atoms with Crippen LogP contribution in [0, 0.1) is 6.92 Å². The van der Waals surface area contributed by atoms with Crippen molar-refractivity contribution in [3.8, 4) is 5.75 Å². The lowest BCUT2D eigenvalue weighted by atomic mass is 9.95. The molecule has 80 valence electrons. The van der Waals surface area contributed by atoms with Crippen LogP contribution in [0.25, 0.3) is 0 Å². The van der Waals surface area contributed by atoms with Crippen molar-refractivity contribution in [1.82, 2.24) is 0 Å². The monoisotopic (exact) mass is 206 g/mol. The van der Waals surface area contributed by atoms with Gasteiger partial charge in [0.15, 0.2) is 0 Å². The van der Waals surface area contributed by atoms with Crippen molar-refractivity contribution in [3.63, 3.8) is 0 Å². The minimum absolute atomic E-state index is 0.218. The first kappa shape index (κ1) is 10.0. The van der Waals surface area contributed by atoms with E-state index in [0.717, 1.165) is 23.3 Å². The largest absolute Gasteiger partial charge is 0.487 e. The fourth-order valence-electron chi connectivity index (χ4n) is 2.04. The average molecular weight is 206 g/mol. The molecule has 0 aliphatic carbocycles. The van der Waals surface area contributed by atoms with Gasteiger partial charge < -0.3 is 9.84 Å². The van der Waals surface area contributed by atoms with Crippen LogP contribution in [0.5, 0.6) is 5.75 Å². The Morgan fingerprint density at radius 1 is 1.47 bits per heavy atom. The summed E-state index contributed by atoms with van der Waals surface area (Å²) >= 11 is 0. The number of benzene rings is 1. The molecule has 3 heteroatoms. The molecule has 0 unspecified atom stereocenters. The number of fused-ring (bicyclic) bond motifs is 1. The minimum atomic E-state index is -0.875. The van der Waals surface area contributed by atoms with E-state index in [9.17, 15) is 4.79 Å². The summed E-state index contributed by atoms with van der Waals surface area (Å²) < 4.78 is 5.72. The van der Waals surface area contributed by atoms with Gasteiger partial charge >= 0.3 is 5.97 Å². The van der Waals surface area contributed by atoms with Gasteiger partial charge in [0, 0.05) is 12.0 Å². The lowest BCUT2D eigenvalue weighted by molar-refractivity contribution is 0.0696. The molecule has 0 amide bonds. The maximum Gasteiger partial charge on any atom is 0.335 e. The Balaban J connectivity index is 2.53. The van der Waals surface area contributed by atoms with Crippen molar-refractivity contribution in [2.45, 2.75) is 32.8 Å². The van der Waals surface area contributed by atoms with E-state index in [-0.39, 0.29) is 5.60 Å². The van der Waals surface area contributed by atoms with E-state index in [1.54, 1.807) is 12.1 Å². The molecule has 0 radical (unpaired) electrons. The molecule has 0 atom stereocenters. The number of hydrogen-bond acceptors (Lipinski definition) is 2. The Labute approximate surface area is 88.7 Å². The molecule has 1 aromatic rings. The van der Waals surface area contributed by atoms with Crippen LogP contribution in [0.1, 0.15) is 35.3 Å². The third-order valence-corrected chi connectivity index (χ3v) is 2.77. The van der Waals surface area contributed by atoms with Crippen LogP contribution in [-0.4, -0.2) is 16.7 Å². The predicted octanol–water partition coefficient (Wildman–Crippen LogP) is 2.41. The van der Waals surface area contributed by atoms with E-state index < -0.39 is 5.97 Å². The lowest BCUT2D eigenvalue weighted by Crippen LogP contribution is -2.24. The Hall–Kier alpha value is -1.51. The highest BCUT2D eigenvalue weighted by Gasteiger charge is 2.32. The summed E-state index contributed by atoms with van der Waals surface area (Å²) in [5.74, 6) is -0.0532. The highest BCUT2D eigenvalue weighted by molar-refractivity contribution is 5.90. The van der Waals surface area contributed by atoms with Gasteiger partial charge in [0.2, 0.25) is 0 Å². The SMILES string of the molecule is Cc1c(C(=O)O)ccc2c1CC(C)(C)O2. The summed E-state index contributed by atoms with van der Waals surface area (Å²) in [5.41, 5.74) is 2.00. The summed E-state index contributed by atoms with van der Waals surface area (Å²) in [5, 5.41) is 8.99. The van der Waals surface area contributed by atoms with Gasteiger partial charge in [0.1, 0.15) is 11.4 Å². The van der Waals surface area contributed by atoms with Crippen LogP contribution in [0.3, 0.4) is 0 Å². The van der Waals surface area contributed by atoms with Gasteiger partial charge in [-0.2, -0.15) is 0 Å². The van der Waals surface area contributed by atoms with E-state index in [4.69, 9.17) is 9.84 Å². The molecule has 1 aliphatic rings. The molecule has 1 aliphatic heterocycles. The third kappa shape index (κ3) is 1.58. The summed E-state index contributed by atoms with van der Waals surface area (Å²) in [4.78, 5) is 10.9. The normalized spacial score (nSPS) is 17.0. The molecule has 0 bridgehead atoms. The first-order valence-corrected chi connectivity index (χ1v) is 4.95. The topological polar surface area (TPSA) is 46.5 Å². The van der Waals surface area contributed by atoms with Crippen molar-refractivity contribution < 1.29 is 14.6 Å². The van der Waals surface area contributed by atoms with Crippen LogP contribution in [0.4, 0.5) is 0 Å². The third-order valence-electron chi connectivity index (χ3n) is 2.77. The number of ether oxygens (including phenoxy) is 1. The molecule has 0 aromatic heterocycles. The van der Waals surface area contributed by atoms with Crippen LogP contribution in [0.2, 0.25) is 0 Å². The first-order chi connectivity index (χ1) is 6.91. The van der Waals surface area contributed by atoms with Gasteiger partial charge in [-0.05, 0) is 38.5 Å². The van der Waals surface area contributed by atoms with Gasteiger partial charge in [0.05, 0.1) is 5.56 Å². The Bertz CT molecular complexity index is 433. The highest BCUT2D eigenvalue weighted by atomic mass is 16.5. The molecule has 0 saturated carbocycles. The average Bonchev–Trinajstić information content (AvgIpc) is 2.40. The van der Waals surface area contributed by atoms with Gasteiger partial charge in [-0.15, -0.1) is 0 Å². The maximum atomic E-state index is 10.9. The maximum absolute atomic E-state index is 10.9. The van der Waals surface area contributed by atoms with E-state index in [1.807, 2.05) is 20.8 Å². The molecule has 0 saturated heterocycles. The summed E-state index contributed by atoms with van der Waals surface area (Å²) in [7, 11) is 0. The molecular weight excluding hydrogens is 192 g/mol. The van der Waals surface area contributed by atoms with Gasteiger partial charge in [0.25, 0.3) is 0 Å². The number of carboxylic acids is 1. The molecule has 0 spiro atoms. The number of aromatic carboxylic acids is 1. The van der Waals surface area contributed by atoms with Crippen LogP contribution < -0.4 is 4.74 Å². The number of hydrogen-bond donors (Lipinski definition) is 1. The number of rotatable bonds is 1. The zero-order chi connectivity index (χ0) is 11.2. The molecule has 1 heterocycles. The van der Waals surface area contributed by atoms with Crippen molar-refractivity contribution >= 4 is 5.97 Å². The molecule has 0 fully saturated rings. The van der Waals surface area contributed by atoms with E-state index >= 15 is 0 Å². The predicted molar refractivity (Wildman–Crippen MR) is 56.5 cm³/mol. The highest BCUT2D eigenvalue weighted by Crippen LogP contribution is 2.37. The fourth-order valence-corrected chi connectivity index (χ4v) is 2.04. The Kier molecular flexibility index (Phi) is 2.00. The second-order valence-electron chi connectivity index (χ2n) is 4.56. The molecular formula is C12H14O3. The fraction of sp³-hybridized carbons (Fsp3) is 0.417. The van der Waals surface area contributed by atoms with Crippen molar-refractivity contribution in [3.05, 3.63) is 28.8 Å². The Morgan fingerprint density at radius 2 is 2.13 bits per heavy atom. The van der Waals surface area contributed by atoms with Crippen LogP contribution >= 0.6 is 0 Å². The van der Waals surface area contributed by atoms with Gasteiger partial charge in [-0.3, -0.25) is 0 Å². The van der Waals surface area contributed by atoms with E-state index in [0.29, 0.717) is 5.56 Å². The van der Waals surface area contributed by atoms with Crippen molar-refractivity contribution in [2.75, 3.05) is 0 Å². The second kappa shape index (κ2) is 2.99. The van der Waals surface area contributed by atoms with Gasteiger partial charge in [-0.25, -0.2) is 4.79 Å². The van der Waals surface area contributed by atoms with Gasteiger partial charge in [-0.1, -0.05) is 0 Å². The molecule has 2 rings (SSSR count). The van der Waals surface area contributed by atoms with Crippen molar-refractivity contribution in [1.29, 1.82) is 0 Å². The summed E-state index contributed by atoms with van der Waals surface area (Å²) in [6, 6.07) is 3.36. The number of carboxylic acid groups (broad SMARTS) is 1. The van der Waals surface area contributed by atoms with Crippen LogP contribution in [0.15, 0.2) is 12.1 Å². The molecule has 3 nitrogen and oxygen atoms in total. The molecule has 1 aromatic carbocycles. The zero-order valence-electron chi connectivity index (χ0n) is 9.13. The van der Waals surface area contributed by atoms with E-state index in [1.165, 1.54) is 0 Å². The smallest absolute Gasteiger partial charge is 0.335 e. The number of carbonyl (C=O) groups is 1. The molecule has 15 heavy (non-hydrogen) atoms. The molecule has 1 N–H and O–H groups in total. The first-order valence-electron chi connectivity index (χ1n) is 4.95. The Morgan fingerprint density at radius 3 is 2.73 bits per heavy atom. The minimum Gasteiger partial charge on any atom is -0.487 e. The summed E-state index contributed by atoms with van der Waals surface area (Å²) in [6.07, 6.45) is 0.773. The lowest BCUT2D eigenvalue weighted by Gasteiger charge is -2.16. The summed E-state index contributed by atoms with van der Waals surface area (Å²) in [6.45, 7) is 5.85. The zero-order valence-corrected chi connectivity index (χ0v) is 9.13. The standard InChI is InChI=1S/C12H14O3/c1-7-8(11(13)14)4-5-10-9(7)6-12(2,3)15-10/h4-5H,6H2,1-3H3,(H,13,14). The van der Waals surface area contributed by atoms with Crippen molar-refractivity contribution in [2.24, 2.45) is 0 Å². The van der Waals surface area contributed by atoms with Crippen LogP contribution in [-0.2, 0) is 6.42 Å². The quantitative estimate of drug-likeness (QED) is 0.767. The second-order valence-corrected chi connectivity index (χ2v) is 4.56.